The zero-order valence-electron chi connectivity index (χ0n) is 10.7. The quantitative estimate of drug-likeness (QED) is 0.570. The second-order valence-electron chi connectivity index (χ2n) is 4.22. The number of nitrogens with two attached hydrogens (primary N) is 1. The first-order valence-electron chi connectivity index (χ1n) is 5.94. The molecule has 8 heteroatoms. The SMILES string of the molecule is NO[S+]([O])(=O)Nc1ccc(-c2nc3ccccc3s2)cc1. The van der Waals surface area contributed by atoms with Crippen LogP contribution >= 0.6 is 11.3 Å². The normalized spacial score (nSPS) is 14.0. The zero-order chi connectivity index (χ0) is 14.9. The van der Waals surface area contributed by atoms with Gasteiger partial charge in [0.15, 0.2) is 0 Å². The van der Waals surface area contributed by atoms with Crippen molar-refractivity contribution < 1.29 is 13.0 Å². The Morgan fingerprint density at radius 3 is 2.52 bits per heavy atom. The van der Waals surface area contributed by atoms with Gasteiger partial charge in [-0.15, -0.1) is 16.1 Å². The number of benzene rings is 2. The van der Waals surface area contributed by atoms with Crippen molar-refractivity contribution >= 4 is 37.9 Å². The van der Waals surface area contributed by atoms with Gasteiger partial charge in [-0.2, -0.15) is 5.90 Å². The van der Waals surface area contributed by atoms with E-state index >= 15 is 0 Å². The smallest absolute Gasteiger partial charge is 0.236 e. The molecular formula is C13H11N3O3S2+. The summed E-state index contributed by atoms with van der Waals surface area (Å²) in [7, 11) is -3.96. The van der Waals surface area contributed by atoms with Gasteiger partial charge in [0.25, 0.3) is 0 Å². The van der Waals surface area contributed by atoms with Crippen LogP contribution in [0.25, 0.3) is 20.8 Å². The third-order valence-corrected chi connectivity index (χ3v) is 4.62. The molecule has 0 aliphatic heterocycles. The van der Waals surface area contributed by atoms with Crippen molar-refractivity contribution in [3.63, 3.8) is 0 Å². The van der Waals surface area contributed by atoms with Crippen molar-refractivity contribution in [1.29, 1.82) is 0 Å². The van der Waals surface area contributed by atoms with E-state index in [9.17, 15) is 8.76 Å². The van der Waals surface area contributed by atoms with E-state index in [1.807, 2.05) is 24.3 Å². The van der Waals surface area contributed by atoms with E-state index in [0.29, 0.717) is 5.69 Å². The fourth-order valence-electron chi connectivity index (χ4n) is 1.84. The Kier molecular flexibility index (Phi) is 3.70. The van der Waals surface area contributed by atoms with Crippen LogP contribution in [-0.2, 0) is 23.7 Å². The number of aromatic nitrogens is 1. The lowest BCUT2D eigenvalue weighted by Gasteiger charge is -2.01. The van der Waals surface area contributed by atoms with E-state index < -0.39 is 10.7 Å². The van der Waals surface area contributed by atoms with E-state index in [1.165, 1.54) is 0 Å². The predicted octanol–water partition coefficient (Wildman–Crippen LogP) is 2.94. The summed E-state index contributed by atoms with van der Waals surface area (Å²) in [5.41, 5.74) is 2.22. The molecule has 1 radical (unpaired) electrons. The van der Waals surface area contributed by atoms with E-state index in [1.54, 1.807) is 35.6 Å². The molecular weight excluding hydrogens is 310 g/mol. The minimum absolute atomic E-state index is 0.366. The largest absolute Gasteiger partial charge is 0.517 e. The molecule has 0 aliphatic carbocycles. The number of hydrogen-bond donors (Lipinski definition) is 2. The summed E-state index contributed by atoms with van der Waals surface area (Å²) in [4.78, 5) is 4.54. The summed E-state index contributed by atoms with van der Waals surface area (Å²) in [6.07, 6.45) is 0. The van der Waals surface area contributed by atoms with Gasteiger partial charge in [-0.3, -0.25) is 0 Å². The van der Waals surface area contributed by atoms with Gasteiger partial charge in [0.1, 0.15) is 9.56 Å². The molecule has 0 fully saturated rings. The van der Waals surface area contributed by atoms with Gasteiger partial charge in [0.2, 0.25) is 0 Å². The van der Waals surface area contributed by atoms with Crippen LogP contribution in [0.2, 0.25) is 0 Å². The molecule has 21 heavy (non-hydrogen) atoms. The van der Waals surface area contributed by atoms with Crippen molar-refractivity contribution in [3.05, 3.63) is 48.5 Å². The van der Waals surface area contributed by atoms with Crippen LogP contribution in [-0.4, -0.2) is 4.98 Å². The van der Waals surface area contributed by atoms with Gasteiger partial charge in [-0.25, -0.2) is 4.98 Å². The highest BCUT2D eigenvalue weighted by Gasteiger charge is 2.29. The topological polar surface area (TPSA) is 97.1 Å². The summed E-state index contributed by atoms with van der Waals surface area (Å²) in [6.45, 7) is 0. The lowest BCUT2D eigenvalue weighted by atomic mass is 10.2. The zero-order valence-corrected chi connectivity index (χ0v) is 12.3. The molecule has 0 saturated carbocycles. The maximum atomic E-state index is 11.2. The maximum absolute atomic E-state index is 11.2. The monoisotopic (exact) mass is 321 g/mol. The van der Waals surface area contributed by atoms with Crippen LogP contribution in [0, 0.1) is 0 Å². The Balaban J connectivity index is 1.88. The minimum atomic E-state index is -3.96. The summed E-state index contributed by atoms with van der Waals surface area (Å²) < 4.78 is 29.5. The molecule has 107 valence electrons. The van der Waals surface area contributed by atoms with E-state index in [-0.39, 0.29) is 0 Å². The van der Waals surface area contributed by atoms with Gasteiger partial charge in [0, 0.05) is 9.77 Å². The molecule has 2 aromatic carbocycles. The molecule has 0 saturated heterocycles. The minimum Gasteiger partial charge on any atom is -0.236 e. The van der Waals surface area contributed by atoms with Gasteiger partial charge in [-0.05, 0) is 40.7 Å². The van der Waals surface area contributed by atoms with Crippen LogP contribution in [0.15, 0.2) is 48.5 Å². The number of hydrogen-bond acceptors (Lipinski definition) is 5. The van der Waals surface area contributed by atoms with Crippen LogP contribution < -0.4 is 10.6 Å². The van der Waals surface area contributed by atoms with E-state index in [4.69, 9.17) is 0 Å². The second-order valence-corrected chi connectivity index (χ2v) is 6.55. The molecule has 6 nitrogen and oxygen atoms in total. The number of anilines is 1. The fraction of sp³-hybridized carbons (Fsp3) is 0. The van der Waals surface area contributed by atoms with Crippen LogP contribution in [0.5, 0.6) is 0 Å². The van der Waals surface area contributed by atoms with Crippen molar-refractivity contribution in [1.82, 2.24) is 4.98 Å². The number of rotatable bonds is 4. The lowest BCUT2D eigenvalue weighted by Crippen LogP contribution is -2.25. The second kappa shape index (κ2) is 5.51. The average Bonchev–Trinajstić information content (AvgIpc) is 2.91. The highest BCUT2D eigenvalue weighted by Crippen LogP contribution is 2.30. The number of fused-ring (bicyclic) bond motifs is 1. The average molecular weight is 321 g/mol. The lowest BCUT2D eigenvalue weighted by molar-refractivity contribution is 0.266. The molecule has 1 atom stereocenters. The van der Waals surface area contributed by atoms with E-state index in [0.717, 1.165) is 20.8 Å². The molecule has 3 rings (SSSR count). The Morgan fingerprint density at radius 1 is 1.14 bits per heavy atom. The van der Waals surface area contributed by atoms with Gasteiger partial charge >= 0.3 is 10.7 Å². The number of nitrogens with one attached hydrogen (secondary N) is 1. The molecule has 0 amide bonds. The molecule has 0 bridgehead atoms. The third-order valence-electron chi connectivity index (χ3n) is 2.80. The van der Waals surface area contributed by atoms with Crippen molar-refractivity contribution in [2.24, 2.45) is 5.90 Å². The van der Waals surface area contributed by atoms with Gasteiger partial charge in [-0.1, -0.05) is 12.1 Å². The molecule has 1 unspecified atom stereocenters. The number of nitrogens with zero attached hydrogens (tertiary/aromatic N) is 1. The molecule has 0 spiro atoms. The molecule has 0 aliphatic rings. The highest BCUT2D eigenvalue weighted by molar-refractivity contribution is 7.94. The Morgan fingerprint density at radius 2 is 1.86 bits per heavy atom. The fourth-order valence-corrected chi connectivity index (χ4v) is 3.29. The third kappa shape index (κ3) is 3.09. The molecule has 1 aromatic heterocycles. The summed E-state index contributed by atoms with van der Waals surface area (Å²) in [5, 5.41) is 0.876. The number of para-hydroxylation sites is 1. The summed E-state index contributed by atoms with van der Waals surface area (Å²) >= 11 is 1.58. The van der Waals surface area contributed by atoms with Crippen molar-refractivity contribution in [2.75, 3.05) is 4.72 Å². The first-order chi connectivity index (χ1) is 10.1. The van der Waals surface area contributed by atoms with Crippen LogP contribution in [0.4, 0.5) is 5.69 Å². The first-order valence-corrected chi connectivity index (χ1v) is 8.17. The number of thiazole rings is 1. The molecule has 3 N–H and O–H groups in total. The van der Waals surface area contributed by atoms with Gasteiger partial charge < -0.3 is 0 Å². The standard InChI is InChI=1S/C13H11N3O3S2/c14-19-21(17,18)16-10-7-5-9(6-8-10)13-15-11-3-1-2-4-12(11)20-13/h1-8H,14H2,(H,16,17)/q+1. The van der Waals surface area contributed by atoms with Gasteiger partial charge in [0.05, 0.1) is 15.9 Å². The van der Waals surface area contributed by atoms with Crippen LogP contribution in [0.3, 0.4) is 0 Å². The highest BCUT2D eigenvalue weighted by atomic mass is 32.3. The van der Waals surface area contributed by atoms with Crippen LogP contribution in [0.1, 0.15) is 0 Å². The predicted molar refractivity (Wildman–Crippen MR) is 82.7 cm³/mol. The Labute approximate surface area is 126 Å². The first kappa shape index (κ1) is 14.1. The Bertz CT molecular complexity index is 784. The Hall–Kier alpha value is -1.84. The molecule has 1 heterocycles. The maximum Gasteiger partial charge on any atom is 0.517 e. The molecule has 3 aromatic rings. The van der Waals surface area contributed by atoms with Crippen molar-refractivity contribution in [3.8, 4) is 10.6 Å². The van der Waals surface area contributed by atoms with E-state index in [2.05, 4.69) is 19.9 Å². The summed E-state index contributed by atoms with van der Waals surface area (Å²) in [5.74, 6) is 4.66. The van der Waals surface area contributed by atoms with Crippen molar-refractivity contribution in [2.45, 2.75) is 0 Å². The summed E-state index contributed by atoms with van der Waals surface area (Å²) in [6, 6.07) is 14.7.